The zero-order chi connectivity index (χ0) is 19.7. The number of amides is 1. The number of carbonyl (C=O) groups is 2. The molecule has 28 heavy (non-hydrogen) atoms. The molecule has 4 rings (SSSR count). The van der Waals surface area contributed by atoms with Crippen molar-refractivity contribution < 1.29 is 14.7 Å². The second-order valence-corrected chi connectivity index (χ2v) is 6.84. The van der Waals surface area contributed by atoms with Gasteiger partial charge in [0.15, 0.2) is 5.78 Å². The molecule has 0 saturated carbocycles. The van der Waals surface area contributed by atoms with Crippen LogP contribution in [0.2, 0.25) is 0 Å². The molecule has 1 amide bonds. The van der Waals surface area contributed by atoms with Gasteiger partial charge < -0.3 is 15.4 Å². The number of rotatable bonds is 3. The van der Waals surface area contributed by atoms with E-state index < -0.39 is 11.5 Å². The highest BCUT2D eigenvalue weighted by molar-refractivity contribution is 6.06. The van der Waals surface area contributed by atoms with E-state index in [0.717, 1.165) is 5.56 Å². The third-order valence-electron chi connectivity index (χ3n) is 4.95. The average Bonchev–Trinajstić information content (AvgIpc) is 2.69. The van der Waals surface area contributed by atoms with Gasteiger partial charge in [0.1, 0.15) is 11.3 Å². The number of aromatic hydroxyl groups is 1. The van der Waals surface area contributed by atoms with E-state index in [1.54, 1.807) is 0 Å². The van der Waals surface area contributed by atoms with Crippen molar-refractivity contribution in [3.05, 3.63) is 93.4 Å². The summed E-state index contributed by atoms with van der Waals surface area (Å²) in [5.41, 5.74) is 1.81. The number of fused-ring (bicyclic) bond motifs is 1. The lowest BCUT2D eigenvalue weighted by atomic mass is 9.81. The molecule has 3 N–H and O–H groups in total. The molecule has 0 fully saturated rings. The summed E-state index contributed by atoms with van der Waals surface area (Å²) in [6.45, 7) is 0. The third-order valence-corrected chi connectivity index (χ3v) is 4.95. The van der Waals surface area contributed by atoms with Crippen molar-refractivity contribution in [1.82, 2.24) is 4.98 Å². The quantitative estimate of drug-likeness (QED) is 0.613. The number of hydrogen-bond donors (Lipinski definition) is 3. The van der Waals surface area contributed by atoms with E-state index in [2.05, 4.69) is 10.3 Å². The molecule has 1 heterocycles. The van der Waals surface area contributed by atoms with Crippen LogP contribution in [-0.4, -0.2) is 21.8 Å². The van der Waals surface area contributed by atoms with Gasteiger partial charge in [-0.2, -0.15) is 0 Å². The Hall–Kier alpha value is -3.67. The van der Waals surface area contributed by atoms with E-state index in [1.807, 2.05) is 30.3 Å². The minimum absolute atomic E-state index is 0.00789. The van der Waals surface area contributed by atoms with E-state index in [9.17, 15) is 19.5 Å². The molecule has 1 aliphatic carbocycles. The van der Waals surface area contributed by atoms with Crippen LogP contribution in [0, 0.1) is 0 Å². The Balaban J connectivity index is 1.62. The molecule has 2 aromatic carbocycles. The maximum atomic E-state index is 12.7. The molecule has 1 aliphatic rings. The van der Waals surface area contributed by atoms with Crippen LogP contribution < -0.4 is 10.9 Å². The lowest BCUT2D eigenvalue weighted by molar-refractivity contribution is 0.0963. The van der Waals surface area contributed by atoms with Gasteiger partial charge in [-0.25, -0.2) is 0 Å². The molecule has 3 aromatic rings. The van der Waals surface area contributed by atoms with Crippen molar-refractivity contribution in [2.45, 2.75) is 18.8 Å². The lowest BCUT2D eigenvalue weighted by Gasteiger charge is -2.24. The highest BCUT2D eigenvalue weighted by Crippen LogP contribution is 2.31. The minimum Gasteiger partial charge on any atom is -0.508 e. The molecule has 0 aliphatic heterocycles. The first kappa shape index (κ1) is 17.7. The summed E-state index contributed by atoms with van der Waals surface area (Å²) in [4.78, 5) is 40.3. The number of carbonyl (C=O) groups excluding carboxylic acids is 2. The SMILES string of the molecule is O=C1CC(c2ccccc2)Cc2[nH]c(=O)c(C(=O)Nc3ccc(O)cc3)cc21. The maximum Gasteiger partial charge on any atom is 0.261 e. The van der Waals surface area contributed by atoms with Crippen LogP contribution in [0.15, 0.2) is 65.5 Å². The monoisotopic (exact) mass is 374 g/mol. The van der Waals surface area contributed by atoms with Gasteiger partial charge >= 0.3 is 0 Å². The van der Waals surface area contributed by atoms with Crippen molar-refractivity contribution in [3.63, 3.8) is 0 Å². The largest absolute Gasteiger partial charge is 0.508 e. The molecule has 0 radical (unpaired) electrons. The molecule has 1 unspecified atom stereocenters. The minimum atomic E-state index is -0.604. The van der Waals surface area contributed by atoms with Gasteiger partial charge in [-0.3, -0.25) is 14.4 Å². The molecule has 6 nitrogen and oxygen atoms in total. The molecule has 0 spiro atoms. The van der Waals surface area contributed by atoms with Gasteiger partial charge in [-0.05, 0) is 48.2 Å². The summed E-state index contributed by atoms with van der Waals surface area (Å²) in [6, 6.07) is 17.0. The second-order valence-electron chi connectivity index (χ2n) is 6.84. The van der Waals surface area contributed by atoms with Crippen LogP contribution in [0.1, 0.15) is 44.3 Å². The predicted octanol–water partition coefficient (Wildman–Crippen LogP) is 3.25. The predicted molar refractivity (Wildman–Crippen MR) is 105 cm³/mol. The molecular formula is C22H18N2O4. The topological polar surface area (TPSA) is 99.3 Å². The van der Waals surface area contributed by atoms with Gasteiger partial charge in [-0.15, -0.1) is 0 Å². The summed E-state index contributed by atoms with van der Waals surface area (Å²) in [5.74, 6) is -0.616. The number of benzene rings is 2. The number of hydrogen-bond acceptors (Lipinski definition) is 4. The molecule has 1 aromatic heterocycles. The summed E-state index contributed by atoms with van der Waals surface area (Å²) in [7, 11) is 0. The standard InChI is InChI=1S/C22H18N2O4/c25-16-8-6-15(7-9-16)23-21(27)18-12-17-19(24-22(18)28)10-14(11-20(17)26)13-4-2-1-3-5-13/h1-9,12,14,25H,10-11H2,(H,23,27)(H,24,28). The van der Waals surface area contributed by atoms with Gasteiger partial charge in [0, 0.05) is 23.4 Å². The number of phenols is 1. The number of Topliss-reactive ketones (excluding diaryl/α,β-unsaturated/α-hetero) is 1. The number of pyridine rings is 1. The van der Waals surface area contributed by atoms with Gasteiger partial charge in [-0.1, -0.05) is 30.3 Å². The summed E-state index contributed by atoms with van der Waals surface area (Å²) >= 11 is 0. The van der Waals surface area contributed by atoms with E-state index in [1.165, 1.54) is 30.3 Å². The Morgan fingerprint density at radius 1 is 1.00 bits per heavy atom. The number of ketones is 1. The Morgan fingerprint density at radius 2 is 1.71 bits per heavy atom. The van der Waals surface area contributed by atoms with E-state index in [0.29, 0.717) is 29.8 Å². The van der Waals surface area contributed by atoms with Crippen molar-refractivity contribution >= 4 is 17.4 Å². The van der Waals surface area contributed by atoms with E-state index >= 15 is 0 Å². The summed E-state index contributed by atoms with van der Waals surface area (Å²) in [5, 5.41) is 11.9. The van der Waals surface area contributed by atoms with Gasteiger partial charge in [0.05, 0.1) is 0 Å². The molecule has 0 bridgehead atoms. The molecular weight excluding hydrogens is 356 g/mol. The molecule has 1 atom stereocenters. The number of aromatic nitrogens is 1. The third kappa shape index (κ3) is 3.44. The van der Waals surface area contributed by atoms with Crippen LogP contribution in [0.25, 0.3) is 0 Å². The Kier molecular flexibility index (Phi) is 4.53. The second kappa shape index (κ2) is 7.15. The zero-order valence-electron chi connectivity index (χ0n) is 14.9. The normalized spacial score (nSPS) is 15.7. The van der Waals surface area contributed by atoms with Crippen LogP contribution >= 0.6 is 0 Å². The fourth-order valence-electron chi connectivity index (χ4n) is 3.50. The van der Waals surface area contributed by atoms with Crippen molar-refractivity contribution in [2.75, 3.05) is 5.32 Å². The number of phenolic OH excluding ortho intramolecular Hbond substituents is 1. The van der Waals surface area contributed by atoms with E-state index in [-0.39, 0.29) is 23.0 Å². The Bertz CT molecular complexity index is 1100. The highest BCUT2D eigenvalue weighted by Gasteiger charge is 2.28. The smallest absolute Gasteiger partial charge is 0.261 e. The van der Waals surface area contributed by atoms with Crippen molar-refractivity contribution in [3.8, 4) is 5.75 Å². The Morgan fingerprint density at radius 3 is 2.43 bits per heavy atom. The number of aromatic amines is 1. The first-order chi connectivity index (χ1) is 13.5. The van der Waals surface area contributed by atoms with Crippen molar-refractivity contribution in [1.29, 1.82) is 0 Å². The first-order valence-corrected chi connectivity index (χ1v) is 8.96. The molecule has 0 saturated heterocycles. The van der Waals surface area contributed by atoms with Crippen molar-refractivity contribution in [2.24, 2.45) is 0 Å². The highest BCUT2D eigenvalue weighted by atomic mass is 16.3. The van der Waals surface area contributed by atoms with Crippen LogP contribution in [-0.2, 0) is 6.42 Å². The maximum absolute atomic E-state index is 12.7. The summed E-state index contributed by atoms with van der Waals surface area (Å²) in [6.07, 6.45) is 0.877. The van der Waals surface area contributed by atoms with Gasteiger partial charge in [0.2, 0.25) is 0 Å². The van der Waals surface area contributed by atoms with Gasteiger partial charge in [0.25, 0.3) is 11.5 Å². The van der Waals surface area contributed by atoms with E-state index in [4.69, 9.17) is 0 Å². The lowest BCUT2D eigenvalue weighted by Crippen LogP contribution is -2.29. The zero-order valence-corrected chi connectivity index (χ0v) is 14.9. The number of nitrogens with one attached hydrogen (secondary N) is 2. The fourth-order valence-corrected chi connectivity index (χ4v) is 3.50. The Labute approximate surface area is 160 Å². The number of H-pyrrole nitrogens is 1. The first-order valence-electron chi connectivity index (χ1n) is 8.96. The molecule has 140 valence electrons. The summed E-state index contributed by atoms with van der Waals surface area (Å²) < 4.78 is 0. The van der Waals surface area contributed by atoms with Crippen LogP contribution in [0.4, 0.5) is 5.69 Å². The number of anilines is 1. The fraction of sp³-hybridized carbons (Fsp3) is 0.136. The van der Waals surface area contributed by atoms with Crippen LogP contribution in [0.3, 0.4) is 0 Å². The van der Waals surface area contributed by atoms with Crippen LogP contribution in [0.5, 0.6) is 5.75 Å². The molecule has 6 heteroatoms. The average molecular weight is 374 g/mol.